The highest BCUT2D eigenvalue weighted by atomic mass is 35.5. The van der Waals surface area contributed by atoms with Gasteiger partial charge in [0.05, 0.1) is 6.61 Å². The molecule has 0 amide bonds. The van der Waals surface area contributed by atoms with Crippen molar-refractivity contribution in [1.82, 2.24) is 0 Å². The molecule has 0 spiro atoms. The van der Waals surface area contributed by atoms with Crippen LogP contribution >= 0.6 is 11.6 Å². The van der Waals surface area contributed by atoms with Gasteiger partial charge in [0, 0.05) is 5.88 Å². The molecular weight excluding hydrogens is 268 g/mol. The van der Waals surface area contributed by atoms with Crippen molar-refractivity contribution >= 4 is 11.6 Å². The zero-order valence-corrected chi connectivity index (χ0v) is 12.9. The lowest BCUT2D eigenvalue weighted by molar-refractivity contribution is 0.309. The summed E-state index contributed by atoms with van der Waals surface area (Å²) in [5.41, 5.74) is 5.11. The van der Waals surface area contributed by atoms with Crippen molar-refractivity contribution in [3.05, 3.63) is 53.6 Å². The highest BCUT2D eigenvalue weighted by Crippen LogP contribution is 2.29. The number of aryl methyl sites for hydroxylation is 2. The van der Waals surface area contributed by atoms with Gasteiger partial charge in [0.15, 0.2) is 0 Å². The molecule has 0 bridgehead atoms. The molecule has 106 valence electrons. The average Bonchev–Trinajstić information content (AvgIpc) is 2.45. The van der Waals surface area contributed by atoms with Crippen molar-refractivity contribution in [3.8, 4) is 16.9 Å². The molecule has 0 saturated carbocycles. The van der Waals surface area contributed by atoms with Crippen LogP contribution in [0.5, 0.6) is 5.75 Å². The maximum absolute atomic E-state index is 5.75. The van der Waals surface area contributed by atoms with Gasteiger partial charge in [0.2, 0.25) is 0 Å². The second kappa shape index (κ2) is 7.35. The third kappa shape index (κ3) is 3.77. The van der Waals surface area contributed by atoms with Crippen molar-refractivity contribution in [2.45, 2.75) is 26.7 Å². The average molecular weight is 289 g/mol. The standard InChI is InChI=1S/C18H21ClO/c1-14-7-3-4-8-17(14)18-10-9-16(13-15(18)2)20-12-6-5-11-19/h3-4,7-10,13H,5-6,11-12H2,1-2H3. The Morgan fingerprint density at radius 3 is 2.35 bits per heavy atom. The van der Waals surface area contributed by atoms with Crippen LogP contribution in [-0.2, 0) is 0 Å². The number of hydrogen-bond acceptors (Lipinski definition) is 1. The van der Waals surface area contributed by atoms with Gasteiger partial charge in [0.1, 0.15) is 5.75 Å². The molecule has 20 heavy (non-hydrogen) atoms. The van der Waals surface area contributed by atoms with Gasteiger partial charge in [-0.25, -0.2) is 0 Å². The number of hydrogen-bond donors (Lipinski definition) is 0. The lowest BCUT2D eigenvalue weighted by Crippen LogP contribution is -1.98. The molecule has 0 heterocycles. The molecule has 2 aromatic rings. The SMILES string of the molecule is Cc1ccccc1-c1ccc(OCCCCCl)cc1C. The van der Waals surface area contributed by atoms with E-state index in [4.69, 9.17) is 16.3 Å². The molecule has 0 unspecified atom stereocenters. The van der Waals surface area contributed by atoms with E-state index < -0.39 is 0 Å². The summed E-state index contributed by atoms with van der Waals surface area (Å²) in [6.45, 7) is 5.01. The predicted molar refractivity (Wildman–Crippen MR) is 86.8 cm³/mol. The van der Waals surface area contributed by atoms with Crippen LogP contribution in [0.4, 0.5) is 0 Å². The third-order valence-corrected chi connectivity index (χ3v) is 3.70. The second-order valence-electron chi connectivity index (χ2n) is 5.04. The van der Waals surface area contributed by atoms with E-state index in [0.717, 1.165) is 25.2 Å². The molecule has 0 fully saturated rings. The van der Waals surface area contributed by atoms with Gasteiger partial charge in [-0.1, -0.05) is 30.3 Å². The van der Waals surface area contributed by atoms with Crippen LogP contribution in [0, 0.1) is 13.8 Å². The van der Waals surface area contributed by atoms with Crippen molar-refractivity contribution in [3.63, 3.8) is 0 Å². The molecule has 2 rings (SSSR count). The van der Waals surface area contributed by atoms with Crippen molar-refractivity contribution in [2.75, 3.05) is 12.5 Å². The second-order valence-corrected chi connectivity index (χ2v) is 5.41. The fourth-order valence-corrected chi connectivity index (χ4v) is 2.48. The molecule has 0 aromatic heterocycles. The lowest BCUT2D eigenvalue weighted by atomic mass is 9.97. The van der Waals surface area contributed by atoms with E-state index in [1.54, 1.807) is 0 Å². The zero-order valence-electron chi connectivity index (χ0n) is 12.2. The van der Waals surface area contributed by atoms with Crippen LogP contribution in [0.2, 0.25) is 0 Å². The van der Waals surface area contributed by atoms with Gasteiger partial charge in [-0.05, 0) is 61.1 Å². The summed E-state index contributed by atoms with van der Waals surface area (Å²) >= 11 is 5.66. The lowest BCUT2D eigenvalue weighted by Gasteiger charge is -2.12. The number of unbranched alkanes of at least 4 members (excludes halogenated alkanes) is 1. The minimum atomic E-state index is 0.703. The summed E-state index contributed by atoms with van der Waals surface area (Å²) in [5.74, 6) is 1.64. The van der Waals surface area contributed by atoms with Crippen LogP contribution in [0.25, 0.3) is 11.1 Å². The zero-order chi connectivity index (χ0) is 14.4. The van der Waals surface area contributed by atoms with Crippen LogP contribution in [0.3, 0.4) is 0 Å². The fraction of sp³-hybridized carbons (Fsp3) is 0.333. The van der Waals surface area contributed by atoms with Crippen molar-refractivity contribution in [1.29, 1.82) is 0 Å². The third-order valence-electron chi connectivity index (χ3n) is 3.43. The van der Waals surface area contributed by atoms with E-state index in [0.29, 0.717) is 5.88 Å². The van der Waals surface area contributed by atoms with E-state index in [-0.39, 0.29) is 0 Å². The van der Waals surface area contributed by atoms with Crippen LogP contribution in [0.15, 0.2) is 42.5 Å². The van der Waals surface area contributed by atoms with Gasteiger partial charge in [-0.3, -0.25) is 0 Å². The first-order chi connectivity index (χ1) is 9.72. The largest absolute Gasteiger partial charge is 0.494 e. The first-order valence-electron chi connectivity index (χ1n) is 7.08. The molecule has 2 aromatic carbocycles. The molecule has 1 nitrogen and oxygen atoms in total. The number of alkyl halides is 1. The van der Waals surface area contributed by atoms with Gasteiger partial charge < -0.3 is 4.74 Å². The summed E-state index contributed by atoms with van der Waals surface area (Å²) in [4.78, 5) is 0. The van der Waals surface area contributed by atoms with Crippen LogP contribution in [0.1, 0.15) is 24.0 Å². The first-order valence-corrected chi connectivity index (χ1v) is 7.61. The summed E-state index contributed by atoms with van der Waals surface area (Å²) in [7, 11) is 0. The van der Waals surface area contributed by atoms with E-state index >= 15 is 0 Å². The number of benzene rings is 2. The Kier molecular flexibility index (Phi) is 5.49. The fourth-order valence-electron chi connectivity index (χ4n) is 2.29. The Labute approximate surface area is 126 Å². The van der Waals surface area contributed by atoms with E-state index in [1.807, 2.05) is 0 Å². The minimum Gasteiger partial charge on any atom is -0.494 e. The smallest absolute Gasteiger partial charge is 0.119 e. The summed E-state index contributed by atoms with van der Waals surface area (Å²) in [6, 6.07) is 14.8. The monoisotopic (exact) mass is 288 g/mol. The maximum atomic E-state index is 5.75. The quantitative estimate of drug-likeness (QED) is 0.513. The highest BCUT2D eigenvalue weighted by molar-refractivity contribution is 6.17. The molecule has 0 N–H and O–H groups in total. The van der Waals surface area contributed by atoms with Crippen molar-refractivity contribution in [2.24, 2.45) is 0 Å². The Hall–Kier alpha value is -1.47. The van der Waals surface area contributed by atoms with E-state index in [1.165, 1.54) is 22.3 Å². The Balaban J connectivity index is 2.12. The van der Waals surface area contributed by atoms with Gasteiger partial charge in [-0.15, -0.1) is 11.6 Å². The Bertz CT molecular complexity index is 563. The van der Waals surface area contributed by atoms with Crippen molar-refractivity contribution < 1.29 is 4.74 Å². The normalized spacial score (nSPS) is 10.6. The number of rotatable bonds is 6. The van der Waals surface area contributed by atoms with Gasteiger partial charge >= 0.3 is 0 Å². The Morgan fingerprint density at radius 1 is 0.900 bits per heavy atom. The maximum Gasteiger partial charge on any atom is 0.119 e. The molecule has 0 radical (unpaired) electrons. The van der Waals surface area contributed by atoms with E-state index in [9.17, 15) is 0 Å². The first kappa shape index (κ1) is 14.9. The van der Waals surface area contributed by atoms with Crippen LogP contribution in [-0.4, -0.2) is 12.5 Å². The summed E-state index contributed by atoms with van der Waals surface area (Å²) in [6.07, 6.45) is 2.00. The van der Waals surface area contributed by atoms with Crippen LogP contribution < -0.4 is 4.74 Å². The highest BCUT2D eigenvalue weighted by Gasteiger charge is 2.05. The minimum absolute atomic E-state index is 0.703. The van der Waals surface area contributed by atoms with Gasteiger partial charge in [0.25, 0.3) is 0 Å². The molecule has 0 atom stereocenters. The summed E-state index contributed by atoms with van der Waals surface area (Å²) in [5, 5.41) is 0. The molecule has 2 heteroatoms. The topological polar surface area (TPSA) is 9.23 Å². The summed E-state index contributed by atoms with van der Waals surface area (Å²) < 4.78 is 5.75. The Morgan fingerprint density at radius 2 is 1.65 bits per heavy atom. The van der Waals surface area contributed by atoms with E-state index in [2.05, 4.69) is 56.3 Å². The molecule has 0 aliphatic rings. The molecular formula is C18H21ClO. The predicted octanol–water partition coefficient (Wildman–Crippen LogP) is 5.37. The molecule has 0 saturated heterocycles. The number of ether oxygens (including phenoxy) is 1. The molecule has 0 aliphatic carbocycles. The number of halogens is 1. The van der Waals surface area contributed by atoms with Gasteiger partial charge in [-0.2, -0.15) is 0 Å². The molecule has 0 aliphatic heterocycles.